The van der Waals surface area contributed by atoms with Gasteiger partial charge in [0, 0.05) is 0 Å². The van der Waals surface area contributed by atoms with Crippen molar-refractivity contribution in [3.05, 3.63) is 41.5 Å². The Morgan fingerprint density at radius 2 is 2.08 bits per heavy atom. The highest BCUT2D eigenvalue weighted by Gasteiger charge is 2.14. The first-order valence-corrected chi connectivity index (χ1v) is 4.72. The van der Waals surface area contributed by atoms with Gasteiger partial charge in [-0.25, -0.2) is 0 Å². The molecule has 1 aromatic rings. The molecule has 0 saturated carbocycles. The number of aliphatic hydroxyl groups is 1. The molecule has 0 saturated heterocycles. The molecule has 0 aromatic heterocycles. The maximum absolute atomic E-state index is 9.38. The summed E-state index contributed by atoms with van der Waals surface area (Å²) in [5.74, 6) is 0. The monoisotopic (exact) mass is 174 g/mol. The lowest BCUT2D eigenvalue weighted by Gasteiger charge is -2.04. The summed E-state index contributed by atoms with van der Waals surface area (Å²) in [6, 6.07) is 8.33. The van der Waals surface area contributed by atoms with Crippen LogP contribution in [0.3, 0.4) is 0 Å². The molecule has 1 aliphatic rings. The zero-order chi connectivity index (χ0) is 9.26. The first-order valence-electron chi connectivity index (χ1n) is 4.72. The van der Waals surface area contributed by atoms with E-state index in [1.807, 2.05) is 18.2 Å². The van der Waals surface area contributed by atoms with Crippen molar-refractivity contribution in [3.63, 3.8) is 0 Å². The van der Waals surface area contributed by atoms with E-state index in [1.54, 1.807) is 0 Å². The van der Waals surface area contributed by atoms with Gasteiger partial charge in [0.1, 0.15) is 0 Å². The molecule has 2 rings (SSSR count). The van der Waals surface area contributed by atoms with Crippen molar-refractivity contribution < 1.29 is 5.11 Å². The molecule has 68 valence electrons. The van der Waals surface area contributed by atoms with E-state index in [0.29, 0.717) is 0 Å². The zero-order valence-corrected chi connectivity index (χ0v) is 7.83. The largest absolute Gasteiger partial charge is 0.389 e. The molecule has 0 radical (unpaired) electrons. The highest BCUT2D eigenvalue weighted by atomic mass is 16.3. The second-order valence-corrected chi connectivity index (χ2v) is 3.61. The average Bonchev–Trinajstić information content (AvgIpc) is 2.53. The maximum Gasteiger partial charge on any atom is 0.0730 e. The van der Waals surface area contributed by atoms with Crippen LogP contribution in [0.1, 0.15) is 24.0 Å². The summed E-state index contributed by atoms with van der Waals surface area (Å²) in [6.07, 6.45) is 3.63. The van der Waals surface area contributed by atoms with Gasteiger partial charge in [-0.05, 0) is 36.5 Å². The topological polar surface area (TPSA) is 20.2 Å². The number of aryl methyl sites for hydroxylation is 1. The van der Waals surface area contributed by atoms with Crippen molar-refractivity contribution in [3.8, 4) is 0 Å². The van der Waals surface area contributed by atoms with Crippen LogP contribution in [0.2, 0.25) is 0 Å². The van der Waals surface area contributed by atoms with Crippen LogP contribution in [0.25, 0.3) is 5.57 Å². The average molecular weight is 174 g/mol. The number of rotatable bonds is 1. The molecule has 1 N–H and O–H groups in total. The minimum atomic E-state index is -0.227. The van der Waals surface area contributed by atoms with Gasteiger partial charge in [-0.15, -0.1) is 0 Å². The fourth-order valence-corrected chi connectivity index (χ4v) is 1.86. The van der Waals surface area contributed by atoms with Crippen LogP contribution in [0.4, 0.5) is 0 Å². The van der Waals surface area contributed by atoms with Gasteiger partial charge < -0.3 is 5.11 Å². The van der Waals surface area contributed by atoms with E-state index in [9.17, 15) is 5.11 Å². The molecular weight excluding hydrogens is 160 g/mol. The third-order valence-corrected chi connectivity index (χ3v) is 2.59. The Hall–Kier alpha value is -1.08. The van der Waals surface area contributed by atoms with Crippen LogP contribution >= 0.6 is 0 Å². The number of hydrogen-bond donors (Lipinski definition) is 1. The van der Waals surface area contributed by atoms with Crippen LogP contribution < -0.4 is 0 Å². The minimum Gasteiger partial charge on any atom is -0.389 e. The molecule has 0 bridgehead atoms. The molecule has 0 spiro atoms. The lowest BCUT2D eigenvalue weighted by molar-refractivity contribution is 0.223. The standard InChI is InChI=1S/C12H14O/c1-9-4-2-3-5-12(9)10-6-7-11(13)8-10/h2-5,8,11,13H,6-7H2,1H3. The Morgan fingerprint density at radius 3 is 2.69 bits per heavy atom. The summed E-state index contributed by atoms with van der Waals surface area (Å²) < 4.78 is 0. The SMILES string of the molecule is Cc1ccccc1C1=CC(O)CC1. The third-order valence-electron chi connectivity index (χ3n) is 2.59. The molecule has 0 aliphatic heterocycles. The van der Waals surface area contributed by atoms with Crippen LogP contribution in [-0.2, 0) is 0 Å². The second kappa shape index (κ2) is 3.35. The van der Waals surface area contributed by atoms with E-state index in [4.69, 9.17) is 0 Å². The highest BCUT2D eigenvalue weighted by Crippen LogP contribution is 2.29. The van der Waals surface area contributed by atoms with Crippen molar-refractivity contribution in [2.75, 3.05) is 0 Å². The lowest BCUT2D eigenvalue weighted by atomic mass is 10.0. The van der Waals surface area contributed by atoms with E-state index >= 15 is 0 Å². The molecule has 1 heteroatoms. The number of benzene rings is 1. The quantitative estimate of drug-likeness (QED) is 0.693. The smallest absolute Gasteiger partial charge is 0.0730 e. The fraction of sp³-hybridized carbons (Fsp3) is 0.333. The second-order valence-electron chi connectivity index (χ2n) is 3.61. The van der Waals surface area contributed by atoms with Gasteiger partial charge in [-0.2, -0.15) is 0 Å². The van der Waals surface area contributed by atoms with Crippen molar-refractivity contribution >= 4 is 5.57 Å². The molecule has 1 aromatic carbocycles. The molecule has 0 fully saturated rings. The van der Waals surface area contributed by atoms with Crippen molar-refractivity contribution in [1.82, 2.24) is 0 Å². The Labute approximate surface area is 78.7 Å². The predicted molar refractivity (Wildman–Crippen MR) is 54.4 cm³/mol. The van der Waals surface area contributed by atoms with Crippen molar-refractivity contribution in [2.24, 2.45) is 0 Å². The summed E-state index contributed by atoms with van der Waals surface area (Å²) in [4.78, 5) is 0. The summed E-state index contributed by atoms with van der Waals surface area (Å²) in [6.45, 7) is 2.11. The van der Waals surface area contributed by atoms with Crippen LogP contribution in [0.5, 0.6) is 0 Å². The van der Waals surface area contributed by atoms with Gasteiger partial charge in [0.05, 0.1) is 6.10 Å². The zero-order valence-electron chi connectivity index (χ0n) is 7.83. The molecule has 1 nitrogen and oxygen atoms in total. The Morgan fingerprint density at radius 1 is 1.31 bits per heavy atom. The lowest BCUT2D eigenvalue weighted by Crippen LogP contribution is -1.93. The fourth-order valence-electron chi connectivity index (χ4n) is 1.86. The summed E-state index contributed by atoms with van der Waals surface area (Å²) in [7, 11) is 0. The van der Waals surface area contributed by atoms with Gasteiger partial charge >= 0.3 is 0 Å². The normalized spacial score (nSPS) is 21.7. The molecule has 1 aliphatic carbocycles. The van der Waals surface area contributed by atoms with Crippen molar-refractivity contribution in [2.45, 2.75) is 25.9 Å². The summed E-state index contributed by atoms with van der Waals surface area (Å²) in [5, 5.41) is 9.38. The van der Waals surface area contributed by atoms with E-state index in [2.05, 4.69) is 19.1 Å². The summed E-state index contributed by atoms with van der Waals surface area (Å²) in [5.41, 5.74) is 3.88. The first-order chi connectivity index (χ1) is 6.27. The predicted octanol–water partition coefficient (Wildman–Crippen LogP) is 2.53. The summed E-state index contributed by atoms with van der Waals surface area (Å²) >= 11 is 0. The van der Waals surface area contributed by atoms with Gasteiger partial charge in [0.25, 0.3) is 0 Å². The molecule has 1 unspecified atom stereocenters. The van der Waals surface area contributed by atoms with Gasteiger partial charge in [-0.1, -0.05) is 30.3 Å². The van der Waals surface area contributed by atoms with E-state index in [-0.39, 0.29) is 6.10 Å². The van der Waals surface area contributed by atoms with E-state index in [1.165, 1.54) is 16.7 Å². The number of allylic oxidation sites excluding steroid dienone is 1. The Kier molecular flexibility index (Phi) is 2.19. The van der Waals surface area contributed by atoms with Crippen LogP contribution in [0.15, 0.2) is 30.3 Å². The van der Waals surface area contributed by atoms with E-state index < -0.39 is 0 Å². The molecule has 0 heterocycles. The van der Waals surface area contributed by atoms with Crippen molar-refractivity contribution in [1.29, 1.82) is 0 Å². The van der Waals surface area contributed by atoms with Crippen LogP contribution in [0, 0.1) is 6.92 Å². The minimum absolute atomic E-state index is 0.227. The Balaban J connectivity index is 2.36. The van der Waals surface area contributed by atoms with Gasteiger partial charge in [0.2, 0.25) is 0 Å². The molecule has 1 atom stereocenters. The van der Waals surface area contributed by atoms with Gasteiger partial charge in [0.15, 0.2) is 0 Å². The first kappa shape index (κ1) is 8.52. The van der Waals surface area contributed by atoms with Crippen LogP contribution in [-0.4, -0.2) is 11.2 Å². The Bertz CT molecular complexity index is 339. The molecular formula is C12H14O. The van der Waals surface area contributed by atoms with Gasteiger partial charge in [-0.3, -0.25) is 0 Å². The highest BCUT2D eigenvalue weighted by molar-refractivity contribution is 5.70. The number of aliphatic hydroxyl groups excluding tert-OH is 1. The van der Waals surface area contributed by atoms with E-state index in [0.717, 1.165) is 12.8 Å². The molecule has 13 heavy (non-hydrogen) atoms. The number of hydrogen-bond acceptors (Lipinski definition) is 1. The third kappa shape index (κ3) is 1.65. The molecule has 0 amide bonds. The maximum atomic E-state index is 9.38.